The number of nitrogens with one attached hydrogen (secondary N) is 2. The number of benzene rings is 2. The van der Waals surface area contributed by atoms with E-state index < -0.39 is 5.97 Å². The molecule has 0 aliphatic heterocycles. The van der Waals surface area contributed by atoms with Crippen LogP contribution in [0.1, 0.15) is 38.2 Å². The first kappa shape index (κ1) is 19.7. The van der Waals surface area contributed by atoms with Crippen molar-refractivity contribution in [1.29, 1.82) is 10.8 Å². The van der Waals surface area contributed by atoms with Gasteiger partial charge in [0.05, 0.1) is 12.1 Å². The number of aromatic nitrogens is 1. The van der Waals surface area contributed by atoms with Gasteiger partial charge in [0.2, 0.25) is 0 Å². The normalized spacial score (nSPS) is 10.6. The molecule has 0 bridgehead atoms. The Morgan fingerprint density at radius 2 is 1.55 bits per heavy atom. The number of hydrogen-bond donors (Lipinski definition) is 6. The zero-order valence-electron chi connectivity index (χ0n) is 15.5. The second-order valence-electron chi connectivity index (χ2n) is 6.72. The van der Waals surface area contributed by atoms with E-state index in [9.17, 15) is 15.0 Å². The smallest absolute Gasteiger partial charge is 0.337 e. The zero-order chi connectivity index (χ0) is 21.1. The molecule has 0 amide bonds. The molecule has 1 heterocycles. The van der Waals surface area contributed by atoms with E-state index >= 15 is 0 Å². The minimum atomic E-state index is -1.04. The van der Waals surface area contributed by atoms with E-state index in [0.717, 1.165) is 5.56 Å². The maximum Gasteiger partial charge on any atom is 0.337 e. The molecule has 0 atom stereocenters. The number of aromatic carboxylic acids is 1. The molecule has 0 aliphatic rings. The summed E-state index contributed by atoms with van der Waals surface area (Å²) in [5.74, 6) is -1.14. The summed E-state index contributed by atoms with van der Waals surface area (Å²) in [6, 6.07) is 11.7. The van der Waals surface area contributed by atoms with Crippen molar-refractivity contribution in [2.75, 3.05) is 0 Å². The van der Waals surface area contributed by atoms with Crippen LogP contribution in [0.3, 0.4) is 0 Å². The van der Waals surface area contributed by atoms with Crippen LogP contribution in [0.2, 0.25) is 0 Å². The van der Waals surface area contributed by atoms with Crippen molar-refractivity contribution in [1.82, 2.24) is 4.57 Å². The lowest BCUT2D eigenvalue weighted by atomic mass is 10.0. The molecule has 0 saturated carbocycles. The zero-order valence-corrected chi connectivity index (χ0v) is 15.5. The van der Waals surface area contributed by atoms with Crippen molar-refractivity contribution in [2.24, 2.45) is 11.5 Å². The number of hydrogen-bond acceptors (Lipinski definition) is 4. The average Bonchev–Trinajstić information content (AvgIpc) is 3.06. The number of amidine groups is 2. The van der Waals surface area contributed by atoms with Crippen LogP contribution in [0.4, 0.5) is 0 Å². The fourth-order valence-electron chi connectivity index (χ4n) is 3.08. The number of phenols is 1. The molecule has 3 rings (SSSR count). The number of nitrogens with zero attached hydrogens (tertiary/aromatic N) is 1. The number of carbonyl (C=O) groups is 1. The highest BCUT2D eigenvalue weighted by atomic mass is 16.4. The van der Waals surface area contributed by atoms with Gasteiger partial charge >= 0.3 is 5.97 Å². The topological polar surface area (TPSA) is 162 Å². The van der Waals surface area contributed by atoms with Crippen LogP contribution in [0, 0.1) is 10.8 Å². The Balaban J connectivity index is 1.89. The van der Waals surface area contributed by atoms with Gasteiger partial charge in [-0.1, -0.05) is 24.3 Å². The number of rotatable bonds is 7. The summed E-state index contributed by atoms with van der Waals surface area (Å²) >= 11 is 0. The van der Waals surface area contributed by atoms with Crippen LogP contribution in [0.25, 0.3) is 0 Å². The maximum absolute atomic E-state index is 11.7. The molecule has 0 radical (unpaired) electrons. The molecular formula is C21H21N5O3. The van der Waals surface area contributed by atoms with E-state index in [1.54, 1.807) is 35.0 Å². The first-order valence-electron chi connectivity index (χ1n) is 8.76. The van der Waals surface area contributed by atoms with Gasteiger partial charge in [-0.15, -0.1) is 0 Å². The lowest BCUT2D eigenvalue weighted by Crippen LogP contribution is -2.11. The van der Waals surface area contributed by atoms with Crippen molar-refractivity contribution < 1.29 is 15.0 Å². The molecule has 2 aromatic carbocycles. The maximum atomic E-state index is 11.7. The molecule has 8 N–H and O–H groups in total. The van der Waals surface area contributed by atoms with Crippen LogP contribution < -0.4 is 11.5 Å². The molecule has 0 spiro atoms. The number of nitrogen functional groups attached to an aromatic ring is 2. The fourth-order valence-corrected chi connectivity index (χ4v) is 3.08. The number of aromatic hydroxyl groups is 1. The molecule has 8 nitrogen and oxygen atoms in total. The first-order valence-corrected chi connectivity index (χ1v) is 8.76. The fraction of sp³-hybridized carbons (Fsp3) is 0.0952. The van der Waals surface area contributed by atoms with Crippen LogP contribution >= 0.6 is 0 Å². The third kappa shape index (κ3) is 4.44. The Bertz CT molecular complexity index is 1100. The van der Waals surface area contributed by atoms with Crippen LogP contribution in [-0.2, 0) is 13.0 Å². The average molecular weight is 391 g/mol. The highest BCUT2D eigenvalue weighted by Crippen LogP contribution is 2.22. The lowest BCUT2D eigenvalue weighted by Gasteiger charge is -2.08. The minimum absolute atomic E-state index is 0.0264. The quantitative estimate of drug-likeness (QED) is 0.268. The third-order valence-electron chi connectivity index (χ3n) is 4.60. The van der Waals surface area contributed by atoms with Gasteiger partial charge in [0, 0.05) is 29.1 Å². The van der Waals surface area contributed by atoms with Gasteiger partial charge in [0.25, 0.3) is 0 Å². The van der Waals surface area contributed by atoms with Gasteiger partial charge < -0.3 is 26.2 Å². The predicted octanol–water partition coefficient (Wildman–Crippen LogP) is 2.10. The molecule has 0 saturated heterocycles. The van der Waals surface area contributed by atoms with E-state index in [0.29, 0.717) is 28.7 Å². The van der Waals surface area contributed by atoms with Crippen LogP contribution in [0.15, 0.2) is 54.9 Å². The largest absolute Gasteiger partial charge is 0.508 e. The Hall–Kier alpha value is -4.07. The van der Waals surface area contributed by atoms with E-state index in [1.165, 1.54) is 12.3 Å². The summed E-state index contributed by atoms with van der Waals surface area (Å²) in [5.41, 5.74) is 14.3. The summed E-state index contributed by atoms with van der Waals surface area (Å²) in [5, 5.41) is 34.6. The lowest BCUT2D eigenvalue weighted by molar-refractivity contribution is 0.0696. The molecule has 1 aromatic heterocycles. The summed E-state index contributed by atoms with van der Waals surface area (Å²) < 4.78 is 1.68. The third-order valence-corrected chi connectivity index (χ3v) is 4.60. The van der Waals surface area contributed by atoms with Crippen molar-refractivity contribution in [3.8, 4) is 5.75 Å². The molecule has 3 aromatic rings. The van der Waals surface area contributed by atoms with Crippen molar-refractivity contribution in [3.05, 3.63) is 88.2 Å². The molecule has 0 aliphatic carbocycles. The Morgan fingerprint density at radius 3 is 2.14 bits per heavy atom. The Kier molecular flexibility index (Phi) is 5.36. The monoisotopic (exact) mass is 391 g/mol. The summed E-state index contributed by atoms with van der Waals surface area (Å²) in [6.07, 6.45) is 3.63. The van der Waals surface area contributed by atoms with E-state index in [4.69, 9.17) is 22.3 Å². The van der Waals surface area contributed by atoms with Gasteiger partial charge in [-0.2, -0.15) is 0 Å². The second kappa shape index (κ2) is 7.89. The highest BCUT2D eigenvalue weighted by molar-refractivity contribution is 5.95. The van der Waals surface area contributed by atoms with Gasteiger partial charge in [-0.3, -0.25) is 10.8 Å². The number of carboxylic acid groups (broad SMARTS) is 1. The number of carboxylic acids is 1. The van der Waals surface area contributed by atoms with Gasteiger partial charge in [0.1, 0.15) is 17.4 Å². The van der Waals surface area contributed by atoms with Gasteiger partial charge in [-0.05, 0) is 35.7 Å². The van der Waals surface area contributed by atoms with Crippen molar-refractivity contribution in [2.45, 2.75) is 13.0 Å². The minimum Gasteiger partial charge on any atom is -0.508 e. The summed E-state index contributed by atoms with van der Waals surface area (Å²) in [6.45, 7) is 0.233. The van der Waals surface area contributed by atoms with Crippen molar-refractivity contribution in [3.63, 3.8) is 0 Å². The van der Waals surface area contributed by atoms with E-state index in [1.807, 2.05) is 12.1 Å². The number of phenolic OH excluding ortho intramolecular Hbond substituents is 1. The van der Waals surface area contributed by atoms with Crippen molar-refractivity contribution >= 4 is 17.6 Å². The summed E-state index contributed by atoms with van der Waals surface area (Å²) in [7, 11) is 0. The molecule has 0 unspecified atom stereocenters. The number of nitrogens with two attached hydrogens (primary N) is 2. The van der Waals surface area contributed by atoms with E-state index in [-0.39, 0.29) is 29.5 Å². The molecule has 8 heteroatoms. The Morgan fingerprint density at radius 1 is 0.931 bits per heavy atom. The predicted molar refractivity (Wildman–Crippen MR) is 110 cm³/mol. The van der Waals surface area contributed by atoms with Gasteiger partial charge in [0.15, 0.2) is 0 Å². The van der Waals surface area contributed by atoms with Gasteiger partial charge in [-0.25, -0.2) is 4.79 Å². The molecule has 29 heavy (non-hydrogen) atoms. The highest BCUT2D eigenvalue weighted by Gasteiger charge is 2.15. The molecule has 0 fully saturated rings. The summed E-state index contributed by atoms with van der Waals surface area (Å²) in [4.78, 5) is 11.7. The molecule has 148 valence electrons. The second-order valence-corrected chi connectivity index (χ2v) is 6.72. The molecular weight excluding hydrogens is 370 g/mol. The Labute approximate surface area is 167 Å². The first-order chi connectivity index (χ1) is 13.7. The van der Waals surface area contributed by atoms with Crippen LogP contribution in [0.5, 0.6) is 5.75 Å². The van der Waals surface area contributed by atoms with Crippen LogP contribution in [-0.4, -0.2) is 32.4 Å². The standard InChI is InChI=1S/C21H21N5O3/c22-19(23)13-3-1-12(2-4-13)7-15-9-26(11-17(15)21(28)29)10-16-8-14(20(24)25)5-6-18(16)27/h1-6,8-9,11,27H,7,10H2,(H3,22,23)(H3,24,25)(H,28,29). The van der Waals surface area contributed by atoms with E-state index in [2.05, 4.69) is 0 Å². The SMILES string of the molecule is N=C(N)c1ccc(Cc2cn(Cc3cc(C(=N)N)ccc3O)cc2C(=O)O)cc1.